The van der Waals surface area contributed by atoms with Crippen LogP contribution in [0.5, 0.6) is 0 Å². The summed E-state index contributed by atoms with van der Waals surface area (Å²) in [7, 11) is -3.54. The number of nitrogens with one attached hydrogen (secondary N) is 2. The van der Waals surface area contributed by atoms with Gasteiger partial charge in [0.25, 0.3) is 0 Å². The molecular weight excluding hydrogens is 288 g/mol. The molecule has 1 heterocycles. The maximum Gasteiger partial charge on any atom is 0.242 e. The van der Waals surface area contributed by atoms with Crippen molar-refractivity contribution in [2.45, 2.75) is 64.5 Å². The van der Waals surface area contributed by atoms with Gasteiger partial charge in [0.2, 0.25) is 10.0 Å². The number of aromatic amines is 1. The maximum absolute atomic E-state index is 12.4. The van der Waals surface area contributed by atoms with Gasteiger partial charge in [-0.1, -0.05) is 27.7 Å². The monoisotopic (exact) mass is 314 g/mol. The van der Waals surface area contributed by atoms with Crippen molar-refractivity contribution in [2.24, 2.45) is 10.8 Å². The molecule has 0 aromatic carbocycles. The van der Waals surface area contributed by atoms with Crippen LogP contribution in [0.15, 0.2) is 17.2 Å². The Hall–Kier alpha value is -0.850. The summed E-state index contributed by atoms with van der Waals surface area (Å²) in [6.07, 6.45) is 4.20. The molecule has 0 unspecified atom stereocenters. The van der Waals surface area contributed by atoms with Gasteiger partial charge >= 0.3 is 0 Å². The highest BCUT2D eigenvalue weighted by molar-refractivity contribution is 7.89. The summed E-state index contributed by atoms with van der Waals surface area (Å²) in [6.45, 7) is 8.56. The Kier molecular flexibility index (Phi) is 4.26. The van der Waals surface area contributed by atoms with E-state index in [1.54, 1.807) is 0 Å². The first-order valence-electron chi connectivity index (χ1n) is 7.34. The van der Waals surface area contributed by atoms with E-state index < -0.39 is 10.0 Å². The van der Waals surface area contributed by atoms with Gasteiger partial charge in [0.05, 0.1) is 11.5 Å². The van der Waals surface area contributed by atoms with Crippen LogP contribution in [0, 0.1) is 10.8 Å². The van der Waals surface area contributed by atoms with E-state index in [9.17, 15) is 8.42 Å². The van der Waals surface area contributed by atoms with Crippen molar-refractivity contribution >= 4 is 10.0 Å². The van der Waals surface area contributed by atoms with Crippen LogP contribution < -0.4 is 4.72 Å². The Balaban J connectivity index is 2.16. The zero-order chi connectivity index (χ0) is 15.9. The average Bonchev–Trinajstić information content (AvgIpc) is 2.72. The summed E-state index contributed by atoms with van der Waals surface area (Å²) >= 11 is 0. The zero-order valence-electron chi connectivity index (χ0n) is 13.2. The number of sulfonamides is 1. The third-order valence-electron chi connectivity index (χ3n) is 4.07. The lowest BCUT2D eigenvalue weighted by molar-refractivity contribution is 0.0934. The van der Waals surface area contributed by atoms with E-state index in [0.29, 0.717) is 5.69 Å². The van der Waals surface area contributed by atoms with Gasteiger partial charge in [0.1, 0.15) is 0 Å². The molecule has 120 valence electrons. The summed E-state index contributed by atoms with van der Waals surface area (Å²) < 4.78 is 27.7. The molecule has 0 amide bonds. The molecule has 1 fully saturated rings. The van der Waals surface area contributed by atoms with Crippen molar-refractivity contribution in [3.8, 4) is 0 Å². The number of aromatic nitrogens is 1. The molecule has 0 saturated heterocycles. The van der Waals surface area contributed by atoms with Crippen LogP contribution in [-0.4, -0.2) is 24.6 Å². The van der Waals surface area contributed by atoms with Gasteiger partial charge in [0, 0.05) is 17.9 Å². The van der Waals surface area contributed by atoms with E-state index in [1.165, 1.54) is 12.3 Å². The van der Waals surface area contributed by atoms with Crippen LogP contribution in [0.1, 0.15) is 52.7 Å². The molecule has 2 rings (SSSR count). The minimum absolute atomic E-state index is 0.0544. The summed E-state index contributed by atoms with van der Waals surface area (Å²) in [5.74, 6) is 0. The standard InChI is InChI=1S/C15H26N2O3S/c1-14(2)6-12(7-15(3,4)10-14)17-21(19,20)13-5-11(9-18)16-8-13/h5,8,12,16-18H,6-7,9-10H2,1-4H3. The van der Waals surface area contributed by atoms with Crippen molar-refractivity contribution in [1.29, 1.82) is 0 Å². The number of hydrogen-bond donors (Lipinski definition) is 3. The van der Waals surface area contributed by atoms with Gasteiger partial charge in [-0.05, 0) is 36.2 Å². The van der Waals surface area contributed by atoms with Crippen molar-refractivity contribution in [3.05, 3.63) is 18.0 Å². The fraction of sp³-hybridized carbons (Fsp3) is 0.733. The van der Waals surface area contributed by atoms with E-state index >= 15 is 0 Å². The van der Waals surface area contributed by atoms with Crippen LogP contribution in [0.25, 0.3) is 0 Å². The fourth-order valence-electron chi connectivity index (χ4n) is 3.88. The highest BCUT2D eigenvalue weighted by Gasteiger charge is 2.39. The lowest BCUT2D eigenvalue weighted by Crippen LogP contribution is -2.45. The number of H-pyrrole nitrogens is 1. The Morgan fingerprint density at radius 3 is 2.33 bits per heavy atom. The second-order valence-corrected chi connectivity index (χ2v) is 9.46. The SMILES string of the molecule is CC1(C)CC(NS(=O)(=O)c2c[nH]c(CO)c2)CC(C)(C)C1. The van der Waals surface area contributed by atoms with E-state index in [1.807, 2.05) is 0 Å². The second-order valence-electron chi connectivity index (χ2n) is 7.75. The van der Waals surface area contributed by atoms with Crippen molar-refractivity contribution < 1.29 is 13.5 Å². The Bertz CT molecular complexity index is 586. The van der Waals surface area contributed by atoms with Gasteiger partial charge in [-0.3, -0.25) is 0 Å². The van der Waals surface area contributed by atoms with Crippen LogP contribution in [0.4, 0.5) is 0 Å². The average molecular weight is 314 g/mol. The van der Waals surface area contributed by atoms with Crippen LogP contribution in [0.3, 0.4) is 0 Å². The maximum atomic E-state index is 12.4. The van der Waals surface area contributed by atoms with Crippen molar-refractivity contribution in [2.75, 3.05) is 0 Å². The highest BCUT2D eigenvalue weighted by Crippen LogP contribution is 2.45. The largest absolute Gasteiger partial charge is 0.390 e. The zero-order valence-corrected chi connectivity index (χ0v) is 14.0. The van der Waals surface area contributed by atoms with Crippen LogP contribution in [-0.2, 0) is 16.6 Å². The minimum atomic E-state index is -3.54. The highest BCUT2D eigenvalue weighted by atomic mass is 32.2. The molecule has 0 radical (unpaired) electrons. The van der Waals surface area contributed by atoms with Gasteiger partial charge < -0.3 is 10.1 Å². The van der Waals surface area contributed by atoms with Gasteiger partial charge in [-0.15, -0.1) is 0 Å². The molecule has 0 spiro atoms. The van der Waals surface area contributed by atoms with Crippen LogP contribution >= 0.6 is 0 Å². The molecule has 0 aliphatic heterocycles. The Labute approximate surface area is 127 Å². The number of hydrogen-bond acceptors (Lipinski definition) is 3. The van der Waals surface area contributed by atoms with Crippen LogP contribution in [0.2, 0.25) is 0 Å². The van der Waals surface area contributed by atoms with Crippen molar-refractivity contribution in [1.82, 2.24) is 9.71 Å². The fourth-order valence-corrected chi connectivity index (χ4v) is 5.14. The predicted molar refractivity (Wildman–Crippen MR) is 82.2 cm³/mol. The first kappa shape index (κ1) is 16.5. The summed E-state index contributed by atoms with van der Waals surface area (Å²) in [5, 5.41) is 9.03. The Morgan fingerprint density at radius 2 is 1.86 bits per heavy atom. The summed E-state index contributed by atoms with van der Waals surface area (Å²) in [5.41, 5.74) is 0.756. The first-order valence-corrected chi connectivity index (χ1v) is 8.82. The molecule has 6 heteroatoms. The van der Waals surface area contributed by atoms with Gasteiger partial charge in [-0.25, -0.2) is 13.1 Å². The summed E-state index contributed by atoms with van der Waals surface area (Å²) in [6, 6.07) is 1.42. The smallest absolute Gasteiger partial charge is 0.242 e. The molecule has 1 saturated carbocycles. The van der Waals surface area contributed by atoms with E-state index in [0.717, 1.165) is 19.3 Å². The molecule has 0 bridgehead atoms. The molecule has 1 aliphatic carbocycles. The second kappa shape index (κ2) is 5.41. The van der Waals surface area contributed by atoms with E-state index in [4.69, 9.17) is 5.11 Å². The van der Waals surface area contributed by atoms with Gasteiger partial charge in [0.15, 0.2) is 0 Å². The molecule has 21 heavy (non-hydrogen) atoms. The minimum Gasteiger partial charge on any atom is -0.390 e. The summed E-state index contributed by atoms with van der Waals surface area (Å²) in [4.78, 5) is 2.95. The van der Waals surface area contributed by atoms with Crippen molar-refractivity contribution in [3.63, 3.8) is 0 Å². The molecule has 5 nitrogen and oxygen atoms in total. The normalized spacial score (nSPS) is 22.3. The molecule has 0 atom stereocenters. The molecule has 1 aromatic heterocycles. The molecule has 1 aromatic rings. The number of rotatable bonds is 4. The number of aliphatic hydroxyl groups is 1. The third-order valence-corrected chi connectivity index (χ3v) is 5.57. The van der Waals surface area contributed by atoms with E-state index in [2.05, 4.69) is 37.4 Å². The third kappa shape index (κ3) is 4.08. The number of aliphatic hydroxyl groups excluding tert-OH is 1. The molecule has 3 N–H and O–H groups in total. The molecular formula is C15H26N2O3S. The van der Waals surface area contributed by atoms with Gasteiger partial charge in [-0.2, -0.15) is 0 Å². The Morgan fingerprint density at radius 1 is 1.29 bits per heavy atom. The predicted octanol–water partition coefficient (Wildman–Crippen LogP) is 2.39. The lowest BCUT2D eigenvalue weighted by Gasteiger charge is -2.45. The first-order chi connectivity index (χ1) is 9.53. The lowest BCUT2D eigenvalue weighted by atomic mass is 9.64. The quantitative estimate of drug-likeness (QED) is 0.798. The topological polar surface area (TPSA) is 82.2 Å². The van der Waals surface area contributed by atoms with E-state index in [-0.39, 0.29) is 28.4 Å². The molecule has 1 aliphatic rings.